The maximum atomic E-state index is 9.36. The highest BCUT2D eigenvalue weighted by Gasteiger charge is 2.40. The van der Waals surface area contributed by atoms with Gasteiger partial charge in [-0.2, -0.15) is 0 Å². The largest absolute Gasteiger partial charge is 0.396 e. The highest BCUT2D eigenvalue weighted by molar-refractivity contribution is 4.90. The van der Waals surface area contributed by atoms with Crippen LogP contribution in [0.25, 0.3) is 0 Å². The van der Waals surface area contributed by atoms with Gasteiger partial charge in [0.15, 0.2) is 0 Å². The molecule has 0 saturated heterocycles. The van der Waals surface area contributed by atoms with Crippen LogP contribution in [0.2, 0.25) is 0 Å². The van der Waals surface area contributed by atoms with E-state index in [9.17, 15) is 15.3 Å². The minimum absolute atomic E-state index is 0.0689. The van der Waals surface area contributed by atoms with E-state index in [1.165, 1.54) is 0 Å². The monoisotopic (exact) mass is 176 g/mol. The van der Waals surface area contributed by atoms with Crippen LogP contribution in [0.3, 0.4) is 0 Å². The topological polar surface area (TPSA) is 80.9 Å². The van der Waals surface area contributed by atoms with Gasteiger partial charge in [0, 0.05) is 12.5 Å². The summed E-state index contributed by atoms with van der Waals surface area (Å²) in [5.74, 6) is -0.376. The fourth-order valence-corrected chi connectivity index (χ4v) is 1.76. The molecule has 4 heteroatoms. The van der Waals surface area contributed by atoms with Crippen LogP contribution in [0.4, 0.5) is 0 Å². The molecular formula is C8H16O4. The minimum atomic E-state index is -1.12. The molecule has 4 nitrogen and oxygen atoms in total. The third-order valence-corrected chi connectivity index (χ3v) is 2.67. The summed E-state index contributed by atoms with van der Waals surface area (Å²) in [6, 6.07) is 0. The van der Waals surface area contributed by atoms with E-state index in [1.54, 1.807) is 6.92 Å². The van der Waals surface area contributed by atoms with Gasteiger partial charge < -0.3 is 20.4 Å². The molecule has 1 rings (SSSR count). The third-order valence-electron chi connectivity index (χ3n) is 2.67. The number of aliphatic hydroxyl groups excluding tert-OH is 4. The Hall–Kier alpha value is -0.160. The molecule has 0 spiro atoms. The number of rotatable bonds is 1. The van der Waals surface area contributed by atoms with Crippen LogP contribution in [-0.2, 0) is 0 Å². The van der Waals surface area contributed by atoms with Crippen LogP contribution in [0, 0.1) is 11.8 Å². The molecule has 5 atom stereocenters. The highest BCUT2D eigenvalue weighted by atomic mass is 16.4. The Morgan fingerprint density at radius 3 is 2.17 bits per heavy atom. The van der Waals surface area contributed by atoms with Crippen molar-refractivity contribution in [1.82, 2.24) is 0 Å². The van der Waals surface area contributed by atoms with Crippen LogP contribution in [0.1, 0.15) is 13.3 Å². The molecule has 4 N–H and O–H groups in total. The van der Waals surface area contributed by atoms with E-state index in [4.69, 9.17) is 5.11 Å². The summed E-state index contributed by atoms with van der Waals surface area (Å²) in [7, 11) is 0. The molecule has 1 aliphatic carbocycles. The maximum absolute atomic E-state index is 9.36. The first kappa shape index (κ1) is 9.92. The van der Waals surface area contributed by atoms with E-state index in [0.717, 1.165) is 0 Å². The zero-order valence-electron chi connectivity index (χ0n) is 7.09. The Balaban J connectivity index is 2.63. The SMILES string of the molecule is C[C@H]1CC(CO)[C@H](O)C(O)C1O. The van der Waals surface area contributed by atoms with Gasteiger partial charge >= 0.3 is 0 Å². The molecule has 72 valence electrons. The summed E-state index contributed by atoms with van der Waals surface area (Å²) >= 11 is 0. The summed E-state index contributed by atoms with van der Waals surface area (Å²) in [4.78, 5) is 0. The molecule has 3 unspecified atom stereocenters. The average molecular weight is 176 g/mol. The molecule has 0 aromatic rings. The molecular weight excluding hydrogens is 160 g/mol. The van der Waals surface area contributed by atoms with Crippen LogP contribution >= 0.6 is 0 Å². The molecule has 0 aromatic carbocycles. The Kier molecular flexibility index (Phi) is 3.06. The van der Waals surface area contributed by atoms with E-state index in [1.807, 2.05) is 0 Å². The molecule has 0 aromatic heterocycles. The second-order valence-corrected chi connectivity index (χ2v) is 3.63. The van der Waals surface area contributed by atoms with Gasteiger partial charge in [0.1, 0.15) is 6.10 Å². The summed E-state index contributed by atoms with van der Waals surface area (Å²) in [5.41, 5.74) is 0. The lowest BCUT2D eigenvalue weighted by atomic mass is 9.77. The van der Waals surface area contributed by atoms with Crippen LogP contribution in [-0.4, -0.2) is 45.3 Å². The van der Waals surface area contributed by atoms with Gasteiger partial charge in [-0.05, 0) is 12.3 Å². The second-order valence-electron chi connectivity index (χ2n) is 3.63. The quantitative estimate of drug-likeness (QED) is 0.401. The molecule has 0 heterocycles. The molecule has 1 saturated carbocycles. The van der Waals surface area contributed by atoms with Gasteiger partial charge in [0.05, 0.1) is 12.2 Å². The zero-order valence-corrected chi connectivity index (χ0v) is 7.09. The predicted molar refractivity (Wildman–Crippen MR) is 42.4 cm³/mol. The smallest absolute Gasteiger partial charge is 0.106 e. The van der Waals surface area contributed by atoms with Crippen LogP contribution in [0.5, 0.6) is 0 Å². The summed E-state index contributed by atoms with van der Waals surface area (Å²) < 4.78 is 0. The molecule has 0 bridgehead atoms. The number of hydrogen-bond acceptors (Lipinski definition) is 4. The standard InChI is InChI=1S/C8H16O4/c1-4-2-5(3-9)7(11)8(12)6(4)10/h4-12H,2-3H2,1H3/t4-,5?,6?,7-,8?/m0/s1. The van der Waals surface area contributed by atoms with Crippen molar-refractivity contribution >= 4 is 0 Å². The summed E-state index contributed by atoms with van der Waals surface area (Å²) in [6.45, 7) is 1.65. The van der Waals surface area contributed by atoms with Crippen molar-refractivity contribution in [1.29, 1.82) is 0 Å². The van der Waals surface area contributed by atoms with Crippen molar-refractivity contribution in [2.45, 2.75) is 31.7 Å². The van der Waals surface area contributed by atoms with Crippen molar-refractivity contribution in [2.75, 3.05) is 6.61 Å². The van der Waals surface area contributed by atoms with Gasteiger partial charge in [-0.15, -0.1) is 0 Å². The first-order valence-electron chi connectivity index (χ1n) is 4.23. The summed E-state index contributed by atoms with van der Waals surface area (Å²) in [5, 5.41) is 36.8. The van der Waals surface area contributed by atoms with E-state index in [-0.39, 0.29) is 18.4 Å². The van der Waals surface area contributed by atoms with Crippen molar-refractivity contribution < 1.29 is 20.4 Å². The zero-order chi connectivity index (χ0) is 9.30. The van der Waals surface area contributed by atoms with Gasteiger partial charge in [-0.1, -0.05) is 6.92 Å². The minimum Gasteiger partial charge on any atom is -0.396 e. The van der Waals surface area contributed by atoms with Gasteiger partial charge in [-0.25, -0.2) is 0 Å². The Bertz CT molecular complexity index is 145. The fourth-order valence-electron chi connectivity index (χ4n) is 1.76. The van der Waals surface area contributed by atoms with Gasteiger partial charge in [0.2, 0.25) is 0 Å². The van der Waals surface area contributed by atoms with Crippen molar-refractivity contribution in [3.05, 3.63) is 0 Å². The van der Waals surface area contributed by atoms with Crippen LogP contribution < -0.4 is 0 Å². The second kappa shape index (κ2) is 3.70. The van der Waals surface area contributed by atoms with Crippen molar-refractivity contribution in [2.24, 2.45) is 11.8 Å². The maximum Gasteiger partial charge on any atom is 0.106 e. The van der Waals surface area contributed by atoms with Crippen molar-refractivity contribution in [3.63, 3.8) is 0 Å². The average Bonchev–Trinajstić information content (AvgIpc) is 2.08. The molecule has 0 amide bonds. The molecule has 0 radical (unpaired) electrons. The number of hydrogen-bond donors (Lipinski definition) is 4. The third kappa shape index (κ3) is 1.61. The molecule has 12 heavy (non-hydrogen) atoms. The lowest BCUT2D eigenvalue weighted by Gasteiger charge is -2.38. The van der Waals surface area contributed by atoms with Gasteiger partial charge in [-0.3, -0.25) is 0 Å². The Labute approximate surface area is 71.5 Å². The van der Waals surface area contributed by atoms with E-state index >= 15 is 0 Å². The molecule has 1 fully saturated rings. The first-order valence-corrected chi connectivity index (χ1v) is 4.23. The van der Waals surface area contributed by atoms with Gasteiger partial charge in [0.25, 0.3) is 0 Å². The van der Waals surface area contributed by atoms with E-state index < -0.39 is 18.3 Å². The molecule has 1 aliphatic rings. The first-order chi connectivity index (χ1) is 5.57. The lowest BCUT2D eigenvalue weighted by Crippen LogP contribution is -2.51. The fraction of sp³-hybridized carbons (Fsp3) is 1.00. The van der Waals surface area contributed by atoms with Crippen molar-refractivity contribution in [3.8, 4) is 0 Å². The Morgan fingerprint density at radius 2 is 1.67 bits per heavy atom. The summed E-state index contributed by atoms with van der Waals surface area (Å²) in [6.07, 6.45) is -2.44. The molecule has 0 aliphatic heterocycles. The van der Waals surface area contributed by atoms with E-state index in [0.29, 0.717) is 6.42 Å². The predicted octanol–water partition coefficient (Wildman–Crippen LogP) is -1.28. The number of aliphatic hydroxyl groups is 4. The Morgan fingerprint density at radius 1 is 1.08 bits per heavy atom. The normalized spacial score (nSPS) is 49.2. The van der Waals surface area contributed by atoms with Crippen LogP contribution in [0.15, 0.2) is 0 Å². The lowest BCUT2D eigenvalue weighted by molar-refractivity contribution is -0.138. The highest BCUT2D eigenvalue weighted by Crippen LogP contribution is 2.29. The van der Waals surface area contributed by atoms with E-state index in [2.05, 4.69) is 0 Å².